The highest BCUT2D eigenvalue weighted by Crippen LogP contribution is 2.60. The molecule has 24 rings (SSSR count). The largest absolute Gasteiger partial charge is 0.0622 e. The zero-order valence-electron chi connectivity index (χ0n) is 66.3. The van der Waals surface area contributed by atoms with Gasteiger partial charge in [0.15, 0.2) is 0 Å². The van der Waals surface area contributed by atoms with E-state index in [-0.39, 0.29) is 10.8 Å². The Morgan fingerprint density at radius 3 is 0.915 bits per heavy atom. The summed E-state index contributed by atoms with van der Waals surface area (Å²) in [5, 5.41) is 25.9. The van der Waals surface area contributed by atoms with Crippen LogP contribution in [-0.4, -0.2) is 0 Å². The Morgan fingerprint density at radius 2 is 0.432 bits per heavy atom. The molecule has 0 atom stereocenters. The van der Waals surface area contributed by atoms with E-state index in [4.69, 9.17) is 0 Å². The highest BCUT2D eigenvalue weighted by molar-refractivity contribution is 6.26. The zero-order chi connectivity index (χ0) is 78.5. The van der Waals surface area contributed by atoms with Gasteiger partial charge < -0.3 is 0 Å². The number of rotatable bonds is 8. The summed E-state index contributed by atoms with van der Waals surface area (Å²) >= 11 is 0. The van der Waals surface area contributed by atoms with E-state index < -0.39 is 0 Å². The Kier molecular flexibility index (Phi) is 15.8. The maximum Gasteiger partial charge on any atom is 0.0171 e. The number of benzene rings is 22. The van der Waals surface area contributed by atoms with E-state index in [1.807, 2.05) is 0 Å². The second kappa shape index (κ2) is 27.0. The lowest BCUT2D eigenvalue weighted by Crippen LogP contribution is -2.17. The molecular weight excluding hydrogens is 1420 g/mol. The van der Waals surface area contributed by atoms with Crippen LogP contribution in [0.2, 0.25) is 0 Å². The summed E-state index contributed by atoms with van der Waals surface area (Å²) in [6.07, 6.45) is 0. The molecule has 2 aliphatic carbocycles. The standard InChI is InChI=1S/C63H42.C55H38/c1-63(2)61-45(31-16-32-56(61)60-50-25-9-7-22-47(50)48-23-8-14-30-55(48)62(60)63)41-18-15-19-43(37-41)59-53-28-12-10-26-51(53)58(52-27-11-13-29-54(52)59)40-35-33-39(34-36-40)57-38-42-17-3-4-20-44(42)46-21-5-6-24-49(46)57;1-55(2)49-26-14-25-40(52(49)53-43-19-8-6-17-41(43)42-18-7-13-24-48(42)54(53)55)37-29-33-39(34-30-37)51-46-22-11-9-20-44(46)50(45-21-10-12-23-47(45)51)38-31-27-36(28-32-38)35-15-4-3-5-16-35/h3-38H,1-2H3;3-34H,1-2H3. The third-order valence-corrected chi connectivity index (χ3v) is 26.4. The van der Waals surface area contributed by atoms with Crippen molar-refractivity contribution in [2.24, 2.45) is 0 Å². The van der Waals surface area contributed by atoms with Gasteiger partial charge in [-0.15, -0.1) is 0 Å². The van der Waals surface area contributed by atoms with Gasteiger partial charge in [-0.2, -0.15) is 0 Å². The molecule has 22 aromatic carbocycles. The molecule has 0 aromatic heterocycles. The molecule has 0 spiro atoms. The molecule has 0 N–H and O–H groups in total. The number of hydrogen-bond acceptors (Lipinski definition) is 0. The molecule has 0 heterocycles. The van der Waals surface area contributed by atoms with Crippen molar-refractivity contribution in [3.05, 3.63) is 435 Å². The van der Waals surface area contributed by atoms with Crippen LogP contribution in [0.1, 0.15) is 49.9 Å². The summed E-state index contributed by atoms with van der Waals surface area (Å²) in [6, 6.07) is 153. The van der Waals surface area contributed by atoms with Crippen molar-refractivity contribution in [1.82, 2.24) is 0 Å². The molecular formula is C118H80. The molecule has 118 heavy (non-hydrogen) atoms. The van der Waals surface area contributed by atoms with Crippen molar-refractivity contribution in [1.29, 1.82) is 0 Å². The number of hydrogen-bond donors (Lipinski definition) is 0. The van der Waals surface area contributed by atoms with Gasteiger partial charge in [0.25, 0.3) is 0 Å². The fourth-order valence-corrected chi connectivity index (χ4v) is 21.4. The highest BCUT2D eigenvalue weighted by atomic mass is 14.4. The lowest BCUT2D eigenvalue weighted by molar-refractivity contribution is 0.666. The van der Waals surface area contributed by atoms with Crippen LogP contribution in [0, 0.1) is 0 Å². The lowest BCUT2D eigenvalue weighted by Gasteiger charge is -2.26. The van der Waals surface area contributed by atoms with Gasteiger partial charge in [-0.1, -0.05) is 428 Å². The Bertz CT molecular complexity index is 7810. The molecule has 0 amide bonds. The first-order chi connectivity index (χ1) is 58.1. The lowest BCUT2D eigenvalue weighted by atomic mass is 9.76. The highest BCUT2D eigenvalue weighted by Gasteiger charge is 2.42. The molecule has 0 saturated carbocycles. The molecule has 2 aliphatic rings. The van der Waals surface area contributed by atoms with Crippen LogP contribution in [0.4, 0.5) is 0 Å². The minimum Gasteiger partial charge on any atom is -0.0622 e. The molecule has 22 aromatic rings. The quantitative estimate of drug-likeness (QED) is 0.105. The van der Waals surface area contributed by atoms with E-state index in [1.165, 1.54) is 241 Å². The van der Waals surface area contributed by atoms with Crippen molar-refractivity contribution in [2.75, 3.05) is 0 Å². The van der Waals surface area contributed by atoms with Crippen molar-refractivity contribution >= 4 is 108 Å². The maximum absolute atomic E-state index is 2.45. The van der Waals surface area contributed by atoms with Gasteiger partial charge >= 0.3 is 0 Å². The molecule has 0 nitrogen and oxygen atoms in total. The summed E-state index contributed by atoms with van der Waals surface area (Å²) in [4.78, 5) is 0. The first-order valence-electron chi connectivity index (χ1n) is 41.5. The summed E-state index contributed by atoms with van der Waals surface area (Å²) < 4.78 is 0. The molecule has 0 unspecified atom stereocenters. The van der Waals surface area contributed by atoms with Gasteiger partial charge in [0.1, 0.15) is 0 Å². The van der Waals surface area contributed by atoms with Crippen LogP contribution in [-0.2, 0) is 10.8 Å². The van der Waals surface area contributed by atoms with Crippen molar-refractivity contribution in [3.63, 3.8) is 0 Å². The summed E-state index contributed by atoms with van der Waals surface area (Å²) in [6.45, 7) is 9.68. The summed E-state index contributed by atoms with van der Waals surface area (Å²) in [5.74, 6) is 0. The minimum absolute atomic E-state index is 0.133. The minimum atomic E-state index is -0.209. The van der Waals surface area contributed by atoms with E-state index in [1.54, 1.807) is 0 Å². The summed E-state index contributed by atoms with van der Waals surface area (Å²) in [5.41, 5.74) is 30.9. The predicted molar refractivity (Wildman–Crippen MR) is 507 cm³/mol. The summed E-state index contributed by atoms with van der Waals surface area (Å²) in [7, 11) is 0. The van der Waals surface area contributed by atoms with Crippen molar-refractivity contribution < 1.29 is 0 Å². The number of fused-ring (bicyclic) bond motifs is 23. The van der Waals surface area contributed by atoms with Gasteiger partial charge in [-0.3, -0.25) is 0 Å². The Morgan fingerprint density at radius 1 is 0.136 bits per heavy atom. The SMILES string of the molecule is CC1(C)c2c(-c3cccc(-c4c5ccccc5c(-c5ccc(-c6cc7ccccc7c7ccccc67)cc5)c5ccccc45)c3)cccc2-c2c1c1ccccc1c1ccccc21.CC1(C)c2cccc(-c3ccc(-c4c5ccccc5c(-c5ccc(-c6ccccc6)cc5)c5ccccc45)cc3)c2-c2c1c1ccccc1c1ccccc21. The van der Waals surface area contributed by atoms with E-state index in [0.717, 1.165) is 0 Å². The van der Waals surface area contributed by atoms with Gasteiger partial charge in [0.05, 0.1) is 0 Å². The van der Waals surface area contributed by atoms with Gasteiger partial charge in [0, 0.05) is 10.8 Å². The van der Waals surface area contributed by atoms with Gasteiger partial charge in [-0.25, -0.2) is 0 Å². The first-order valence-corrected chi connectivity index (χ1v) is 41.5. The fourth-order valence-electron chi connectivity index (χ4n) is 21.4. The molecule has 0 aliphatic heterocycles. The van der Waals surface area contributed by atoms with Crippen LogP contribution in [0.25, 0.3) is 219 Å². The zero-order valence-corrected chi connectivity index (χ0v) is 66.3. The predicted octanol–water partition coefficient (Wildman–Crippen LogP) is 32.9. The van der Waals surface area contributed by atoms with E-state index in [2.05, 4.69) is 440 Å². The molecule has 0 bridgehead atoms. The van der Waals surface area contributed by atoms with E-state index in [9.17, 15) is 0 Å². The van der Waals surface area contributed by atoms with Crippen LogP contribution in [0.5, 0.6) is 0 Å². The fraction of sp³-hybridized carbons (Fsp3) is 0.0508. The second-order valence-corrected chi connectivity index (χ2v) is 33.4. The van der Waals surface area contributed by atoms with Crippen LogP contribution in [0.3, 0.4) is 0 Å². The molecule has 552 valence electrons. The Labute approximate surface area is 687 Å². The third-order valence-electron chi connectivity index (χ3n) is 26.4. The molecule has 0 radical (unpaired) electrons. The maximum atomic E-state index is 2.45. The molecule has 0 heteroatoms. The second-order valence-electron chi connectivity index (χ2n) is 33.4. The van der Waals surface area contributed by atoms with Crippen molar-refractivity contribution in [2.45, 2.75) is 38.5 Å². The van der Waals surface area contributed by atoms with Crippen LogP contribution < -0.4 is 0 Å². The van der Waals surface area contributed by atoms with Gasteiger partial charge in [-0.05, 0) is 253 Å². The Balaban J connectivity index is 0.000000140. The van der Waals surface area contributed by atoms with Gasteiger partial charge in [0.2, 0.25) is 0 Å². The average Bonchev–Trinajstić information content (AvgIpc) is 1.54. The smallest absolute Gasteiger partial charge is 0.0171 e. The van der Waals surface area contributed by atoms with Crippen LogP contribution in [0.15, 0.2) is 413 Å². The third kappa shape index (κ3) is 10.6. The monoisotopic (exact) mass is 1500 g/mol. The Hall–Kier alpha value is -14.6. The topological polar surface area (TPSA) is 0 Å². The molecule has 0 saturated heterocycles. The van der Waals surface area contributed by atoms with E-state index >= 15 is 0 Å². The first kappa shape index (κ1) is 69.0. The normalized spacial score (nSPS) is 13.1. The van der Waals surface area contributed by atoms with Crippen LogP contribution >= 0.6 is 0 Å². The van der Waals surface area contributed by atoms with E-state index in [0.29, 0.717) is 0 Å². The molecule has 0 fully saturated rings. The van der Waals surface area contributed by atoms with Crippen molar-refractivity contribution in [3.8, 4) is 111 Å². The average molecular weight is 1500 g/mol.